The van der Waals surface area contributed by atoms with E-state index in [2.05, 4.69) is 5.32 Å². The highest BCUT2D eigenvalue weighted by atomic mass is 35.5. The molecule has 0 saturated heterocycles. The number of anilines is 1. The molecule has 3 rings (SSSR count). The van der Waals surface area contributed by atoms with Gasteiger partial charge in [0.1, 0.15) is 16.5 Å². The number of methoxy groups -OCH3 is 1. The number of carbonyl (C=O) groups is 1. The molecular formula is C25H20ClN3O7S. The molecule has 0 fully saturated rings. The number of carbonyl (C=O) groups excluding carboxylic acids is 1. The van der Waals surface area contributed by atoms with E-state index in [0.717, 1.165) is 5.56 Å². The van der Waals surface area contributed by atoms with Crippen LogP contribution in [-0.4, -0.2) is 26.4 Å². The molecule has 3 aromatic rings. The van der Waals surface area contributed by atoms with Crippen LogP contribution in [0.1, 0.15) is 16.7 Å². The number of amides is 1. The van der Waals surface area contributed by atoms with Crippen LogP contribution in [0.15, 0.2) is 65.1 Å². The summed E-state index contributed by atoms with van der Waals surface area (Å²) in [5, 5.41) is 22.9. The van der Waals surface area contributed by atoms with E-state index in [1.807, 2.05) is 6.92 Å². The van der Waals surface area contributed by atoms with E-state index in [-0.39, 0.29) is 43.9 Å². The van der Waals surface area contributed by atoms with Crippen molar-refractivity contribution in [1.29, 1.82) is 5.26 Å². The lowest BCUT2D eigenvalue weighted by atomic mass is 10.1. The Morgan fingerprint density at radius 3 is 2.41 bits per heavy atom. The summed E-state index contributed by atoms with van der Waals surface area (Å²) in [4.78, 5) is 23.1. The lowest BCUT2D eigenvalue weighted by Gasteiger charge is -2.13. The molecular weight excluding hydrogens is 522 g/mol. The van der Waals surface area contributed by atoms with Gasteiger partial charge in [0.15, 0.2) is 5.75 Å². The van der Waals surface area contributed by atoms with Crippen molar-refractivity contribution >= 4 is 45.1 Å². The smallest absolute Gasteiger partial charge is 0.339 e. The Labute approximate surface area is 218 Å². The van der Waals surface area contributed by atoms with E-state index in [1.165, 1.54) is 55.7 Å². The number of hydrogen-bond acceptors (Lipinski definition) is 8. The normalized spacial score (nSPS) is 11.4. The lowest BCUT2D eigenvalue weighted by molar-refractivity contribution is -0.384. The monoisotopic (exact) mass is 541 g/mol. The largest absolute Gasteiger partial charge is 0.493 e. The van der Waals surface area contributed by atoms with Crippen molar-refractivity contribution in [2.75, 3.05) is 12.4 Å². The molecule has 0 radical (unpaired) electrons. The maximum atomic E-state index is 12.7. The molecule has 0 saturated carbocycles. The molecule has 0 aliphatic heterocycles. The number of nitrogens with zero attached hydrogens (tertiary/aromatic N) is 2. The van der Waals surface area contributed by atoms with Gasteiger partial charge in [-0.05, 0) is 55.3 Å². The maximum Gasteiger partial charge on any atom is 0.339 e. The van der Waals surface area contributed by atoms with Gasteiger partial charge in [-0.2, -0.15) is 13.7 Å². The average molecular weight is 542 g/mol. The Morgan fingerprint density at radius 1 is 1.14 bits per heavy atom. The van der Waals surface area contributed by atoms with Crippen molar-refractivity contribution in [1.82, 2.24) is 0 Å². The highest BCUT2D eigenvalue weighted by Gasteiger charge is 2.22. The molecule has 1 amide bonds. The number of nitro benzene ring substituents is 1. The molecule has 0 unspecified atom stereocenters. The topological polar surface area (TPSA) is 149 Å². The average Bonchev–Trinajstić information content (AvgIpc) is 2.85. The van der Waals surface area contributed by atoms with Gasteiger partial charge in [0.25, 0.3) is 11.6 Å². The summed E-state index contributed by atoms with van der Waals surface area (Å²) in [5.74, 6) is -1.14. The highest BCUT2D eigenvalue weighted by Crippen LogP contribution is 2.39. The number of aryl methyl sites for hydroxylation is 2. The second kappa shape index (κ2) is 11.1. The van der Waals surface area contributed by atoms with Crippen LogP contribution in [-0.2, 0) is 14.9 Å². The van der Waals surface area contributed by atoms with Crippen LogP contribution in [0.5, 0.6) is 11.5 Å². The number of benzene rings is 3. The minimum atomic E-state index is -4.23. The van der Waals surface area contributed by atoms with E-state index < -0.39 is 20.9 Å². The fourth-order valence-corrected chi connectivity index (χ4v) is 4.39. The molecule has 3 aromatic carbocycles. The van der Waals surface area contributed by atoms with E-state index in [9.17, 15) is 28.6 Å². The van der Waals surface area contributed by atoms with Gasteiger partial charge in [0.2, 0.25) is 5.75 Å². The Kier molecular flexibility index (Phi) is 8.17. The summed E-state index contributed by atoms with van der Waals surface area (Å²) in [6.45, 7) is 3.45. The summed E-state index contributed by atoms with van der Waals surface area (Å²) in [6.07, 6.45) is 1.20. The van der Waals surface area contributed by atoms with Gasteiger partial charge in [-0.25, -0.2) is 0 Å². The second-order valence-electron chi connectivity index (χ2n) is 7.76. The van der Waals surface area contributed by atoms with Crippen LogP contribution < -0.4 is 14.2 Å². The Hall–Kier alpha value is -4.40. The maximum absolute atomic E-state index is 12.7. The standard InChI is InChI=1S/C25H20ClN3O7S/c1-15-4-8-20(9-5-15)37(33,34)36-24-21(26)11-17(12-23(24)35-3)10-18(14-27)25(30)28-22-13-19(29(31)32)7-6-16(22)2/h4-13H,1-3H3,(H,28,30)/b18-10+. The number of non-ortho nitro benzene ring substituents is 1. The van der Waals surface area contributed by atoms with Crippen LogP contribution in [0.4, 0.5) is 11.4 Å². The highest BCUT2D eigenvalue weighted by molar-refractivity contribution is 7.87. The Morgan fingerprint density at radius 2 is 1.81 bits per heavy atom. The van der Waals surface area contributed by atoms with Gasteiger partial charge in [0, 0.05) is 12.1 Å². The van der Waals surface area contributed by atoms with Gasteiger partial charge < -0.3 is 14.2 Å². The Balaban J connectivity index is 1.92. The predicted octanol–water partition coefficient (Wildman–Crippen LogP) is 5.19. The third kappa shape index (κ3) is 6.43. The number of nitro groups is 1. The minimum absolute atomic E-state index is 0.0540. The van der Waals surface area contributed by atoms with Crippen molar-refractivity contribution in [3.05, 3.63) is 92.0 Å². The fraction of sp³-hybridized carbons (Fsp3) is 0.120. The molecule has 0 atom stereocenters. The molecule has 0 aromatic heterocycles. The molecule has 1 N–H and O–H groups in total. The molecule has 0 aliphatic rings. The number of ether oxygens (including phenoxy) is 1. The molecule has 0 bridgehead atoms. The first kappa shape index (κ1) is 27.2. The number of rotatable bonds is 8. The number of halogens is 1. The van der Waals surface area contributed by atoms with Crippen molar-refractivity contribution in [2.24, 2.45) is 0 Å². The van der Waals surface area contributed by atoms with E-state index in [4.69, 9.17) is 20.5 Å². The zero-order valence-corrected chi connectivity index (χ0v) is 21.4. The van der Waals surface area contributed by atoms with E-state index >= 15 is 0 Å². The third-order valence-corrected chi connectivity index (χ3v) is 6.63. The zero-order valence-electron chi connectivity index (χ0n) is 19.8. The van der Waals surface area contributed by atoms with E-state index in [1.54, 1.807) is 25.1 Å². The molecule has 12 heteroatoms. The zero-order chi connectivity index (χ0) is 27.3. The summed E-state index contributed by atoms with van der Waals surface area (Å²) < 4.78 is 35.9. The van der Waals surface area contributed by atoms with Crippen molar-refractivity contribution in [3.63, 3.8) is 0 Å². The fourth-order valence-electron chi connectivity index (χ4n) is 3.13. The predicted molar refractivity (Wildman–Crippen MR) is 137 cm³/mol. The van der Waals surface area contributed by atoms with Crippen LogP contribution in [0.25, 0.3) is 6.08 Å². The molecule has 37 heavy (non-hydrogen) atoms. The first-order chi connectivity index (χ1) is 17.4. The Bertz CT molecular complexity index is 1560. The SMILES string of the molecule is COc1cc(/C=C(\C#N)C(=O)Nc2cc([N+](=O)[O-])ccc2C)cc(Cl)c1OS(=O)(=O)c1ccc(C)cc1. The first-order valence-electron chi connectivity index (χ1n) is 10.5. The number of nitrogens with one attached hydrogen (secondary N) is 1. The molecule has 10 nitrogen and oxygen atoms in total. The molecule has 0 heterocycles. The number of hydrogen-bond donors (Lipinski definition) is 1. The van der Waals surface area contributed by atoms with Crippen LogP contribution >= 0.6 is 11.6 Å². The van der Waals surface area contributed by atoms with Gasteiger partial charge in [-0.3, -0.25) is 14.9 Å². The van der Waals surface area contributed by atoms with Gasteiger partial charge >= 0.3 is 10.1 Å². The molecule has 0 aliphatic carbocycles. The van der Waals surface area contributed by atoms with Crippen molar-refractivity contribution in [2.45, 2.75) is 18.7 Å². The van der Waals surface area contributed by atoms with Crippen molar-refractivity contribution in [3.8, 4) is 17.6 Å². The molecule has 190 valence electrons. The summed E-state index contributed by atoms with van der Waals surface area (Å²) in [5.41, 5.74) is 1.26. The number of nitriles is 1. The van der Waals surface area contributed by atoms with Crippen LogP contribution in [0.2, 0.25) is 5.02 Å². The van der Waals surface area contributed by atoms with Crippen LogP contribution in [0, 0.1) is 35.3 Å². The van der Waals surface area contributed by atoms with E-state index in [0.29, 0.717) is 5.56 Å². The van der Waals surface area contributed by atoms with Gasteiger partial charge in [-0.1, -0.05) is 35.4 Å². The van der Waals surface area contributed by atoms with Gasteiger partial charge in [-0.15, -0.1) is 0 Å². The van der Waals surface area contributed by atoms with Crippen LogP contribution in [0.3, 0.4) is 0 Å². The summed E-state index contributed by atoms with van der Waals surface area (Å²) in [7, 11) is -2.96. The third-order valence-electron chi connectivity index (χ3n) is 5.11. The first-order valence-corrected chi connectivity index (χ1v) is 12.3. The quantitative estimate of drug-likeness (QED) is 0.135. The summed E-state index contributed by atoms with van der Waals surface area (Å²) >= 11 is 6.29. The minimum Gasteiger partial charge on any atom is -0.493 e. The van der Waals surface area contributed by atoms with Gasteiger partial charge in [0.05, 0.1) is 22.7 Å². The molecule has 0 spiro atoms. The van der Waals surface area contributed by atoms with Crippen molar-refractivity contribution < 1.29 is 27.1 Å². The lowest BCUT2D eigenvalue weighted by Crippen LogP contribution is -2.14. The second-order valence-corrected chi connectivity index (χ2v) is 9.72. The summed E-state index contributed by atoms with van der Waals surface area (Å²) in [6, 6.07) is 14.4.